The van der Waals surface area contributed by atoms with Crippen LogP contribution in [-0.4, -0.2) is 30.4 Å². The fourth-order valence-corrected chi connectivity index (χ4v) is 2.18. The molecule has 96 valence electrons. The molecule has 0 spiro atoms. The van der Waals surface area contributed by atoms with Gasteiger partial charge in [0, 0.05) is 25.2 Å². The number of methoxy groups -OCH3 is 1. The Morgan fingerprint density at radius 1 is 1.50 bits per heavy atom. The highest BCUT2D eigenvalue weighted by Crippen LogP contribution is 2.22. The van der Waals surface area contributed by atoms with Crippen molar-refractivity contribution < 1.29 is 14.3 Å². The summed E-state index contributed by atoms with van der Waals surface area (Å²) in [5, 5.41) is 0. The highest BCUT2D eigenvalue weighted by Gasteiger charge is 2.23. The molecule has 5 heteroatoms. The largest absolute Gasteiger partial charge is 0.465 e. The molecule has 0 aliphatic carbocycles. The molecule has 0 unspecified atom stereocenters. The van der Waals surface area contributed by atoms with Crippen molar-refractivity contribution in [1.29, 1.82) is 0 Å². The van der Waals surface area contributed by atoms with Crippen molar-refractivity contribution in [3.05, 3.63) is 29.3 Å². The number of nitrogen functional groups attached to an aromatic ring is 1. The molecule has 0 aromatic heterocycles. The summed E-state index contributed by atoms with van der Waals surface area (Å²) in [4.78, 5) is 25.0. The van der Waals surface area contributed by atoms with E-state index in [0.717, 1.165) is 18.5 Å². The molecule has 1 amide bonds. The van der Waals surface area contributed by atoms with Gasteiger partial charge in [-0.05, 0) is 18.1 Å². The van der Waals surface area contributed by atoms with E-state index in [9.17, 15) is 9.59 Å². The number of rotatable bonds is 3. The molecule has 18 heavy (non-hydrogen) atoms. The molecule has 2 rings (SSSR count). The Labute approximate surface area is 106 Å². The van der Waals surface area contributed by atoms with Crippen LogP contribution in [0.2, 0.25) is 0 Å². The third kappa shape index (κ3) is 2.30. The number of benzene rings is 1. The quantitative estimate of drug-likeness (QED) is 0.644. The first-order valence-electron chi connectivity index (χ1n) is 5.87. The fourth-order valence-electron chi connectivity index (χ4n) is 2.18. The first-order chi connectivity index (χ1) is 8.63. The van der Waals surface area contributed by atoms with Crippen molar-refractivity contribution in [2.24, 2.45) is 0 Å². The molecule has 0 atom stereocenters. The summed E-state index contributed by atoms with van der Waals surface area (Å²) < 4.78 is 4.73. The fraction of sp³-hybridized carbons (Fsp3) is 0.385. The van der Waals surface area contributed by atoms with Gasteiger partial charge in [0.25, 0.3) is 0 Å². The van der Waals surface area contributed by atoms with Gasteiger partial charge in [-0.25, -0.2) is 4.79 Å². The Balaban J connectivity index is 2.29. The van der Waals surface area contributed by atoms with E-state index in [2.05, 4.69) is 0 Å². The molecule has 0 saturated carbocycles. The molecule has 1 saturated heterocycles. The zero-order chi connectivity index (χ0) is 13.1. The highest BCUT2D eigenvalue weighted by molar-refractivity contribution is 5.96. The molecule has 5 nitrogen and oxygen atoms in total. The molecule has 1 aromatic carbocycles. The van der Waals surface area contributed by atoms with Gasteiger partial charge in [-0.1, -0.05) is 12.1 Å². The van der Waals surface area contributed by atoms with Gasteiger partial charge in [0.1, 0.15) is 0 Å². The summed E-state index contributed by atoms with van der Waals surface area (Å²) in [6.07, 6.45) is 1.45. The van der Waals surface area contributed by atoms with Crippen LogP contribution in [-0.2, 0) is 16.1 Å². The maximum absolute atomic E-state index is 11.7. The van der Waals surface area contributed by atoms with E-state index in [0.29, 0.717) is 24.2 Å². The lowest BCUT2D eigenvalue weighted by atomic mass is 10.1. The molecule has 1 aromatic rings. The molecule has 2 N–H and O–H groups in total. The lowest BCUT2D eigenvalue weighted by molar-refractivity contribution is -0.128. The average Bonchev–Trinajstić information content (AvgIpc) is 2.74. The monoisotopic (exact) mass is 248 g/mol. The van der Waals surface area contributed by atoms with Crippen LogP contribution in [0.4, 0.5) is 5.69 Å². The Hall–Kier alpha value is -2.04. The number of likely N-dealkylation sites (tertiary alicyclic amines) is 1. The van der Waals surface area contributed by atoms with Crippen LogP contribution in [0.3, 0.4) is 0 Å². The van der Waals surface area contributed by atoms with Crippen molar-refractivity contribution in [2.75, 3.05) is 19.4 Å². The molecular formula is C13H16N2O3. The number of esters is 1. The smallest absolute Gasteiger partial charge is 0.340 e. The number of amides is 1. The topological polar surface area (TPSA) is 72.6 Å². The maximum Gasteiger partial charge on any atom is 0.340 e. The second-order valence-corrected chi connectivity index (χ2v) is 4.29. The van der Waals surface area contributed by atoms with Crippen molar-refractivity contribution in [1.82, 2.24) is 4.90 Å². The molecule has 1 aliphatic rings. The SMILES string of the molecule is COC(=O)c1c(N)cccc1CN1CCCC1=O. The van der Waals surface area contributed by atoms with E-state index < -0.39 is 5.97 Å². The number of ether oxygens (including phenoxy) is 1. The van der Waals surface area contributed by atoms with E-state index in [1.54, 1.807) is 23.1 Å². The van der Waals surface area contributed by atoms with Gasteiger partial charge < -0.3 is 15.4 Å². The zero-order valence-corrected chi connectivity index (χ0v) is 10.3. The number of hydrogen-bond donors (Lipinski definition) is 1. The molecular weight excluding hydrogens is 232 g/mol. The second kappa shape index (κ2) is 5.08. The van der Waals surface area contributed by atoms with Crippen LogP contribution in [0.1, 0.15) is 28.8 Å². The molecule has 1 aliphatic heterocycles. The number of hydrogen-bond acceptors (Lipinski definition) is 4. The summed E-state index contributed by atoms with van der Waals surface area (Å²) in [6.45, 7) is 1.14. The Morgan fingerprint density at radius 3 is 2.89 bits per heavy atom. The van der Waals surface area contributed by atoms with Crippen LogP contribution in [0, 0.1) is 0 Å². The number of carbonyl (C=O) groups is 2. The predicted molar refractivity (Wildman–Crippen MR) is 66.8 cm³/mol. The van der Waals surface area contributed by atoms with Gasteiger partial charge in [0.15, 0.2) is 0 Å². The van der Waals surface area contributed by atoms with Gasteiger partial charge in [-0.2, -0.15) is 0 Å². The molecule has 0 bridgehead atoms. The van der Waals surface area contributed by atoms with Crippen molar-refractivity contribution in [3.63, 3.8) is 0 Å². The van der Waals surface area contributed by atoms with E-state index >= 15 is 0 Å². The third-order valence-electron chi connectivity index (χ3n) is 3.11. The lowest BCUT2D eigenvalue weighted by Gasteiger charge is -2.18. The lowest BCUT2D eigenvalue weighted by Crippen LogP contribution is -2.25. The highest BCUT2D eigenvalue weighted by atomic mass is 16.5. The van der Waals surface area contributed by atoms with Gasteiger partial charge in [-0.15, -0.1) is 0 Å². The minimum Gasteiger partial charge on any atom is -0.465 e. The number of nitrogens with zero attached hydrogens (tertiary/aromatic N) is 1. The Kier molecular flexibility index (Phi) is 3.50. The summed E-state index contributed by atoms with van der Waals surface area (Å²) in [7, 11) is 1.32. The van der Waals surface area contributed by atoms with Crippen molar-refractivity contribution in [2.45, 2.75) is 19.4 Å². The van der Waals surface area contributed by atoms with E-state index in [1.807, 2.05) is 0 Å². The van der Waals surface area contributed by atoms with E-state index in [1.165, 1.54) is 7.11 Å². The summed E-state index contributed by atoms with van der Waals surface area (Å²) in [5.41, 5.74) is 7.28. The van der Waals surface area contributed by atoms with Crippen LogP contribution in [0.15, 0.2) is 18.2 Å². The third-order valence-corrected chi connectivity index (χ3v) is 3.11. The van der Waals surface area contributed by atoms with Crippen molar-refractivity contribution in [3.8, 4) is 0 Å². The minimum atomic E-state index is -0.463. The van der Waals surface area contributed by atoms with E-state index in [-0.39, 0.29) is 5.91 Å². The Morgan fingerprint density at radius 2 is 2.28 bits per heavy atom. The predicted octanol–water partition coefficient (Wildman–Crippen LogP) is 1.18. The number of anilines is 1. The van der Waals surface area contributed by atoms with Gasteiger partial charge in [-0.3, -0.25) is 4.79 Å². The van der Waals surface area contributed by atoms with Crippen molar-refractivity contribution >= 4 is 17.6 Å². The maximum atomic E-state index is 11.7. The van der Waals surface area contributed by atoms with Gasteiger partial charge in [0.2, 0.25) is 5.91 Å². The normalized spacial score (nSPS) is 14.9. The average molecular weight is 248 g/mol. The standard InChI is InChI=1S/C13H16N2O3/c1-18-13(17)12-9(4-2-5-10(12)14)8-15-7-3-6-11(15)16/h2,4-5H,3,6-8,14H2,1H3. The minimum absolute atomic E-state index is 0.119. The first kappa shape index (κ1) is 12.4. The number of carbonyl (C=O) groups excluding carboxylic acids is 2. The number of nitrogens with two attached hydrogens (primary N) is 1. The first-order valence-corrected chi connectivity index (χ1v) is 5.87. The summed E-state index contributed by atoms with van der Waals surface area (Å²) in [6, 6.07) is 5.23. The van der Waals surface area contributed by atoms with Gasteiger partial charge >= 0.3 is 5.97 Å². The summed E-state index contributed by atoms with van der Waals surface area (Å²) in [5.74, 6) is -0.344. The van der Waals surface area contributed by atoms with Crippen LogP contribution >= 0.6 is 0 Å². The van der Waals surface area contributed by atoms with Crippen LogP contribution < -0.4 is 5.73 Å². The summed E-state index contributed by atoms with van der Waals surface area (Å²) >= 11 is 0. The molecule has 1 fully saturated rings. The zero-order valence-electron chi connectivity index (χ0n) is 10.3. The van der Waals surface area contributed by atoms with E-state index in [4.69, 9.17) is 10.5 Å². The van der Waals surface area contributed by atoms with Gasteiger partial charge in [0.05, 0.1) is 12.7 Å². The molecule has 0 radical (unpaired) electrons. The van der Waals surface area contributed by atoms with Crippen LogP contribution in [0.25, 0.3) is 0 Å². The Bertz CT molecular complexity index is 485. The molecule has 1 heterocycles. The van der Waals surface area contributed by atoms with Crippen LogP contribution in [0.5, 0.6) is 0 Å². The second-order valence-electron chi connectivity index (χ2n) is 4.29.